The quantitative estimate of drug-likeness (QED) is 0.857. The number of aromatic nitrogens is 3. The smallest absolute Gasteiger partial charge is 0.148 e. The highest BCUT2D eigenvalue weighted by atomic mass is 19.1. The molecule has 0 bridgehead atoms. The molecule has 1 saturated heterocycles. The number of rotatable bonds is 5. The summed E-state index contributed by atoms with van der Waals surface area (Å²) in [5.74, 6) is -0.346. The van der Waals surface area contributed by atoms with Crippen LogP contribution in [-0.2, 0) is 12.1 Å². The number of hydrogen-bond acceptors (Lipinski definition) is 4. The monoisotopic (exact) mass is 328 g/mol. The maximum atomic E-state index is 13.3. The Balaban J connectivity index is 1.93. The maximum absolute atomic E-state index is 13.3. The van der Waals surface area contributed by atoms with E-state index >= 15 is 0 Å². The molecule has 1 fully saturated rings. The van der Waals surface area contributed by atoms with Crippen LogP contribution in [0.3, 0.4) is 0 Å². The summed E-state index contributed by atoms with van der Waals surface area (Å²) in [5, 5.41) is 15.5. The minimum Gasteiger partial charge on any atom is -0.377 e. The molecular weight excluding hydrogens is 307 g/mol. The van der Waals surface area contributed by atoms with Crippen LogP contribution in [0.1, 0.15) is 18.4 Å². The molecule has 0 amide bonds. The number of hydrogen-bond donors (Lipinski definition) is 1. The molecule has 0 aliphatic carbocycles. The Kier molecular flexibility index (Phi) is 4.49. The maximum Gasteiger partial charge on any atom is 0.148 e. The summed E-state index contributed by atoms with van der Waals surface area (Å²) in [4.78, 5) is 5.99. The molecule has 0 radical (unpaired) electrons. The van der Waals surface area contributed by atoms with E-state index in [1.807, 2.05) is 0 Å². The third-order valence-corrected chi connectivity index (χ3v) is 4.51. The van der Waals surface area contributed by atoms with E-state index in [0.29, 0.717) is 11.3 Å². The minimum absolute atomic E-state index is 0.162. The van der Waals surface area contributed by atoms with Crippen molar-refractivity contribution in [2.75, 3.05) is 13.1 Å². The van der Waals surface area contributed by atoms with Gasteiger partial charge in [-0.2, -0.15) is 5.10 Å². The van der Waals surface area contributed by atoms with E-state index in [1.54, 1.807) is 23.1 Å². The summed E-state index contributed by atoms with van der Waals surface area (Å²) in [7, 11) is 0. The van der Waals surface area contributed by atoms with Crippen molar-refractivity contribution in [1.82, 2.24) is 19.7 Å². The van der Waals surface area contributed by atoms with Crippen molar-refractivity contribution < 1.29 is 9.50 Å². The molecule has 1 aromatic carbocycles. The molecule has 1 N–H and O–H groups in total. The lowest BCUT2D eigenvalue weighted by Gasteiger charge is -2.40. The molecule has 5 nitrogen and oxygen atoms in total. The van der Waals surface area contributed by atoms with Gasteiger partial charge in [-0.3, -0.25) is 0 Å². The van der Waals surface area contributed by atoms with Gasteiger partial charge in [0, 0.05) is 18.8 Å². The molecule has 1 aliphatic rings. The first-order chi connectivity index (χ1) is 11.5. The Morgan fingerprint density at radius 3 is 2.50 bits per heavy atom. The molecule has 1 aromatic heterocycles. The molecule has 2 heterocycles. The van der Waals surface area contributed by atoms with Crippen LogP contribution in [0.4, 0.5) is 4.39 Å². The van der Waals surface area contributed by atoms with Crippen LogP contribution in [0.25, 0.3) is 0 Å². The fourth-order valence-electron chi connectivity index (χ4n) is 2.98. The molecule has 126 valence electrons. The summed E-state index contributed by atoms with van der Waals surface area (Å²) >= 11 is 0. The fraction of sp³-hybridized carbons (Fsp3) is 0.333. The first-order valence-electron chi connectivity index (χ1n) is 7.91. The minimum atomic E-state index is -1.39. The Hall–Kier alpha value is -2.47. The van der Waals surface area contributed by atoms with Crippen molar-refractivity contribution in [3.63, 3.8) is 0 Å². The highest BCUT2D eigenvalue weighted by Gasteiger charge is 2.37. The Morgan fingerprint density at radius 2 is 1.92 bits per heavy atom. The van der Waals surface area contributed by atoms with Crippen LogP contribution in [-0.4, -0.2) is 37.9 Å². The molecule has 1 unspecified atom stereocenters. The number of likely N-dealkylation sites (tertiary alicyclic amines) is 1. The highest BCUT2D eigenvalue weighted by molar-refractivity contribution is 5.32. The lowest BCUT2D eigenvalue weighted by Crippen LogP contribution is -2.43. The summed E-state index contributed by atoms with van der Waals surface area (Å²) in [6.07, 6.45) is 4.71. The molecule has 6 heteroatoms. The molecule has 0 spiro atoms. The lowest BCUT2D eigenvalue weighted by atomic mass is 9.88. The molecule has 1 atom stereocenters. The van der Waals surface area contributed by atoms with Gasteiger partial charge in [0.05, 0.1) is 6.54 Å². The zero-order valence-electron chi connectivity index (χ0n) is 13.5. The summed E-state index contributed by atoms with van der Waals surface area (Å²) < 4.78 is 14.9. The largest absolute Gasteiger partial charge is 0.377 e. The first kappa shape index (κ1) is 16.4. The fourth-order valence-corrected chi connectivity index (χ4v) is 2.98. The van der Waals surface area contributed by atoms with Gasteiger partial charge in [-0.1, -0.05) is 30.9 Å². The van der Waals surface area contributed by atoms with Crippen molar-refractivity contribution >= 4 is 0 Å². The van der Waals surface area contributed by atoms with E-state index in [4.69, 9.17) is 0 Å². The first-order valence-corrected chi connectivity index (χ1v) is 7.91. The van der Waals surface area contributed by atoms with Gasteiger partial charge in [0.2, 0.25) is 0 Å². The van der Waals surface area contributed by atoms with Crippen LogP contribution < -0.4 is 0 Å². The van der Waals surface area contributed by atoms with Crippen molar-refractivity contribution in [3.8, 4) is 0 Å². The number of piperidine rings is 1. The van der Waals surface area contributed by atoms with Crippen LogP contribution >= 0.6 is 0 Å². The zero-order valence-corrected chi connectivity index (χ0v) is 13.5. The topological polar surface area (TPSA) is 54.2 Å². The standard InChI is InChI=1S/C18H21FN4O/c1-14-7-9-22(10-8-14)15(2)18(24,11-23-13-20-12-21-23)16-3-5-17(19)6-4-16/h3-6,12-13,24H,1-2,7-11H2. The molecule has 24 heavy (non-hydrogen) atoms. The number of halogens is 1. The van der Waals surface area contributed by atoms with Gasteiger partial charge in [-0.05, 0) is 30.5 Å². The second-order valence-corrected chi connectivity index (χ2v) is 6.14. The summed E-state index contributed by atoms with van der Waals surface area (Å²) in [5.41, 5.74) is 0.978. The predicted molar refractivity (Wildman–Crippen MR) is 89.4 cm³/mol. The molecular formula is C18H21FN4O. The summed E-state index contributed by atoms with van der Waals surface area (Å²) in [6, 6.07) is 5.85. The highest BCUT2D eigenvalue weighted by Crippen LogP contribution is 2.34. The van der Waals surface area contributed by atoms with Gasteiger partial charge in [0.1, 0.15) is 24.1 Å². The lowest BCUT2D eigenvalue weighted by molar-refractivity contribution is 0.0218. The second kappa shape index (κ2) is 6.57. The van der Waals surface area contributed by atoms with E-state index in [9.17, 15) is 9.50 Å². The van der Waals surface area contributed by atoms with E-state index in [-0.39, 0.29) is 12.4 Å². The Labute approximate surface area is 140 Å². The second-order valence-electron chi connectivity index (χ2n) is 6.14. The third kappa shape index (κ3) is 3.23. The van der Waals surface area contributed by atoms with Crippen molar-refractivity contribution in [1.29, 1.82) is 0 Å². The SMILES string of the molecule is C=C1CCN(C(=C)C(O)(Cn2cncn2)c2ccc(F)cc2)CC1. The van der Waals surface area contributed by atoms with E-state index in [2.05, 4.69) is 28.1 Å². The van der Waals surface area contributed by atoms with E-state index in [1.165, 1.54) is 24.0 Å². The number of benzene rings is 1. The van der Waals surface area contributed by atoms with E-state index < -0.39 is 5.60 Å². The average molecular weight is 328 g/mol. The van der Waals surface area contributed by atoms with Crippen molar-refractivity contribution in [3.05, 3.63) is 72.7 Å². The molecule has 1 aliphatic heterocycles. The van der Waals surface area contributed by atoms with Gasteiger partial charge < -0.3 is 10.0 Å². The van der Waals surface area contributed by atoms with Gasteiger partial charge >= 0.3 is 0 Å². The molecule has 0 saturated carbocycles. The van der Waals surface area contributed by atoms with Crippen molar-refractivity contribution in [2.24, 2.45) is 0 Å². The van der Waals surface area contributed by atoms with Crippen LogP contribution in [0, 0.1) is 5.82 Å². The van der Waals surface area contributed by atoms with Gasteiger partial charge in [0.25, 0.3) is 0 Å². The average Bonchev–Trinajstić information content (AvgIpc) is 3.08. The van der Waals surface area contributed by atoms with E-state index in [0.717, 1.165) is 25.9 Å². The molecule has 3 rings (SSSR count). The van der Waals surface area contributed by atoms with Gasteiger partial charge in [0.15, 0.2) is 0 Å². The molecule has 2 aromatic rings. The third-order valence-electron chi connectivity index (χ3n) is 4.51. The zero-order chi connectivity index (χ0) is 17.2. The Morgan fingerprint density at radius 1 is 1.25 bits per heavy atom. The van der Waals surface area contributed by atoms with Crippen LogP contribution in [0.5, 0.6) is 0 Å². The van der Waals surface area contributed by atoms with Gasteiger partial charge in [-0.25, -0.2) is 14.1 Å². The predicted octanol–water partition coefficient (Wildman–Crippen LogP) is 2.47. The summed E-state index contributed by atoms with van der Waals surface area (Å²) in [6.45, 7) is 9.85. The van der Waals surface area contributed by atoms with Gasteiger partial charge in [-0.15, -0.1) is 0 Å². The Bertz CT molecular complexity index is 716. The number of nitrogens with zero attached hydrogens (tertiary/aromatic N) is 4. The van der Waals surface area contributed by atoms with Crippen LogP contribution in [0.2, 0.25) is 0 Å². The van der Waals surface area contributed by atoms with Crippen molar-refractivity contribution in [2.45, 2.75) is 25.0 Å². The number of aliphatic hydroxyl groups is 1. The normalized spacial score (nSPS) is 17.6. The van der Waals surface area contributed by atoms with Crippen LogP contribution in [0.15, 0.2) is 61.3 Å².